The van der Waals surface area contributed by atoms with Crippen LogP contribution in [0.25, 0.3) is 11.0 Å². The van der Waals surface area contributed by atoms with E-state index in [9.17, 15) is 4.79 Å². The number of para-hydroxylation sites is 2. The molecule has 154 valence electrons. The summed E-state index contributed by atoms with van der Waals surface area (Å²) in [6.45, 7) is 5.47. The van der Waals surface area contributed by atoms with Crippen LogP contribution in [0.1, 0.15) is 30.0 Å². The number of nitrogens with zero attached hydrogens (tertiary/aromatic N) is 2. The average Bonchev–Trinajstić information content (AvgIpc) is 3.07. The van der Waals surface area contributed by atoms with Crippen molar-refractivity contribution in [1.29, 1.82) is 0 Å². The van der Waals surface area contributed by atoms with E-state index in [1.54, 1.807) is 12.1 Å². The lowest BCUT2D eigenvalue weighted by Crippen LogP contribution is -2.25. The Morgan fingerprint density at radius 2 is 1.72 bits per heavy atom. The fraction of sp³-hybridized carbons (Fsp3) is 0.364. The molecule has 1 N–H and O–H groups in total. The monoisotopic (exact) mass is 397 g/mol. The van der Waals surface area contributed by atoms with Crippen LogP contribution < -0.4 is 19.5 Å². The van der Waals surface area contributed by atoms with Gasteiger partial charge in [0.25, 0.3) is 5.91 Å². The molecule has 1 amide bonds. The second kappa shape index (κ2) is 8.86. The molecule has 2 aromatic carbocycles. The van der Waals surface area contributed by atoms with Crippen molar-refractivity contribution in [2.24, 2.45) is 5.92 Å². The van der Waals surface area contributed by atoms with E-state index in [0.717, 1.165) is 23.4 Å². The van der Waals surface area contributed by atoms with E-state index in [1.165, 1.54) is 21.3 Å². The largest absolute Gasteiger partial charge is 0.493 e. The molecule has 0 atom stereocenters. The highest BCUT2D eigenvalue weighted by Crippen LogP contribution is 2.38. The van der Waals surface area contributed by atoms with Gasteiger partial charge in [-0.3, -0.25) is 4.79 Å². The van der Waals surface area contributed by atoms with Gasteiger partial charge >= 0.3 is 0 Å². The highest BCUT2D eigenvalue weighted by Gasteiger charge is 2.18. The molecular formula is C22H27N3O4. The third kappa shape index (κ3) is 4.29. The summed E-state index contributed by atoms with van der Waals surface area (Å²) < 4.78 is 18.1. The maximum Gasteiger partial charge on any atom is 0.251 e. The highest BCUT2D eigenvalue weighted by molar-refractivity contribution is 5.95. The van der Waals surface area contributed by atoms with Gasteiger partial charge in [-0.05, 0) is 30.2 Å². The average molecular weight is 397 g/mol. The number of rotatable bonds is 8. The smallest absolute Gasteiger partial charge is 0.251 e. The molecule has 0 unspecified atom stereocenters. The molecule has 1 heterocycles. The van der Waals surface area contributed by atoms with Gasteiger partial charge in [0.15, 0.2) is 11.5 Å². The minimum atomic E-state index is -0.243. The predicted octanol–water partition coefficient (Wildman–Crippen LogP) is 3.65. The Kier molecular flexibility index (Phi) is 6.26. The topological polar surface area (TPSA) is 74.6 Å². The molecular weight excluding hydrogens is 370 g/mol. The maximum absolute atomic E-state index is 12.8. The molecule has 0 spiro atoms. The van der Waals surface area contributed by atoms with Crippen molar-refractivity contribution < 1.29 is 19.0 Å². The van der Waals surface area contributed by atoms with Crippen LogP contribution in [-0.2, 0) is 13.1 Å². The summed E-state index contributed by atoms with van der Waals surface area (Å²) in [5.41, 5.74) is 2.41. The molecule has 0 saturated carbocycles. The minimum Gasteiger partial charge on any atom is -0.493 e. The van der Waals surface area contributed by atoms with Crippen molar-refractivity contribution in [1.82, 2.24) is 14.9 Å². The van der Waals surface area contributed by atoms with Crippen molar-refractivity contribution in [2.45, 2.75) is 26.9 Å². The van der Waals surface area contributed by atoms with Crippen LogP contribution in [0.15, 0.2) is 36.4 Å². The third-order valence-corrected chi connectivity index (χ3v) is 4.62. The number of nitrogens with one attached hydrogen (secondary N) is 1. The van der Waals surface area contributed by atoms with Gasteiger partial charge in [-0.1, -0.05) is 26.0 Å². The van der Waals surface area contributed by atoms with Gasteiger partial charge in [0.2, 0.25) is 5.75 Å². The molecule has 29 heavy (non-hydrogen) atoms. The number of hydrogen-bond donors (Lipinski definition) is 1. The normalized spacial score (nSPS) is 11.0. The van der Waals surface area contributed by atoms with Crippen molar-refractivity contribution in [3.63, 3.8) is 0 Å². The summed E-state index contributed by atoms with van der Waals surface area (Å²) in [7, 11) is 4.57. The van der Waals surface area contributed by atoms with Crippen molar-refractivity contribution in [3.05, 3.63) is 47.8 Å². The third-order valence-electron chi connectivity index (χ3n) is 4.62. The van der Waals surface area contributed by atoms with Crippen molar-refractivity contribution >= 4 is 16.9 Å². The molecule has 7 nitrogen and oxygen atoms in total. The Labute approximate surface area is 170 Å². The first-order chi connectivity index (χ1) is 14.0. The van der Waals surface area contributed by atoms with E-state index < -0.39 is 0 Å². The predicted molar refractivity (Wildman–Crippen MR) is 112 cm³/mol. The van der Waals surface area contributed by atoms with Crippen molar-refractivity contribution in [2.75, 3.05) is 21.3 Å². The lowest BCUT2D eigenvalue weighted by molar-refractivity contribution is 0.0948. The second-order valence-corrected chi connectivity index (χ2v) is 7.12. The fourth-order valence-corrected chi connectivity index (χ4v) is 3.30. The number of carbonyl (C=O) groups is 1. The Bertz CT molecular complexity index is 985. The number of imidazole rings is 1. The molecule has 0 bridgehead atoms. The molecule has 1 aromatic heterocycles. The van der Waals surface area contributed by atoms with Gasteiger partial charge < -0.3 is 24.1 Å². The van der Waals surface area contributed by atoms with E-state index >= 15 is 0 Å². The summed E-state index contributed by atoms with van der Waals surface area (Å²) in [6.07, 6.45) is 0. The summed E-state index contributed by atoms with van der Waals surface area (Å²) in [6, 6.07) is 11.3. The van der Waals surface area contributed by atoms with Crippen LogP contribution in [0, 0.1) is 5.92 Å². The summed E-state index contributed by atoms with van der Waals surface area (Å²) in [4.78, 5) is 17.5. The van der Waals surface area contributed by atoms with E-state index in [-0.39, 0.29) is 5.91 Å². The zero-order valence-corrected chi connectivity index (χ0v) is 17.5. The standard InChI is InChI=1S/C22H27N3O4/c1-14(2)13-25-17-9-7-6-8-16(17)24-20(25)12-23-22(26)15-10-18(27-3)21(29-5)19(11-15)28-4/h6-11,14H,12-13H2,1-5H3,(H,23,26). The first-order valence-corrected chi connectivity index (χ1v) is 9.50. The van der Waals surface area contributed by atoms with E-state index in [4.69, 9.17) is 19.2 Å². The van der Waals surface area contributed by atoms with Crippen LogP contribution in [0.2, 0.25) is 0 Å². The lowest BCUT2D eigenvalue weighted by atomic mass is 10.1. The van der Waals surface area contributed by atoms with Crippen LogP contribution in [0.4, 0.5) is 0 Å². The zero-order valence-electron chi connectivity index (χ0n) is 17.5. The number of fused-ring (bicyclic) bond motifs is 1. The Balaban J connectivity index is 1.86. The SMILES string of the molecule is COc1cc(C(=O)NCc2nc3ccccc3n2CC(C)C)cc(OC)c1OC. The number of hydrogen-bond acceptors (Lipinski definition) is 5. The van der Waals surface area contributed by atoms with Gasteiger partial charge in [-0.25, -0.2) is 4.98 Å². The van der Waals surface area contributed by atoms with Gasteiger partial charge in [0.05, 0.1) is 38.9 Å². The Morgan fingerprint density at radius 1 is 1.07 bits per heavy atom. The van der Waals surface area contributed by atoms with Crippen LogP contribution >= 0.6 is 0 Å². The molecule has 0 aliphatic heterocycles. The van der Waals surface area contributed by atoms with Gasteiger partial charge in [-0.2, -0.15) is 0 Å². The van der Waals surface area contributed by atoms with Crippen LogP contribution in [0.3, 0.4) is 0 Å². The first-order valence-electron chi connectivity index (χ1n) is 9.50. The van der Waals surface area contributed by atoms with Crippen LogP contribution in [0.5, 0.6) is 17.2 Å². The van der Waals surface area contributed by atoms with Gasteiger partial charge in [0.1, 0.15) is 5.82 Å². The fourth-order valence-electron chi connectivity index (χ4n) is 3.30. The lowest BCUT2D eigenvalue weighted by Gasteiger charge is -2.15. The summed E-state index contributed by atoms with van der Waals surface area (Å²) in [5.74, 6) is 2.35. The maximum atomic E-state index is 12.8. The molecule has 3 rings (SSSR count). The van der Waals surface area contributed by atoms with E-state index in [1.807, 2.05) is 18.2 Å². The van der Waals surface area contributed by atoms with Gasteiger partial charge in [0, 0.05) is 12.1 Å². The van der Waals surface area contributed by atoms with Crippen molar-refractivity contribution in [3.8, 4) is 17.2 Å². The minimum absolute atomic E-state index is 0.243. The second-order valence-electron chi connectivity index (χ2n) is 7.12. The molecule has 3 aromatic rings. The zero-order chi connectivity index (χ0) is 21.0. The van der Waals surface area contributed by atoms with Crippen LogP contribution in [-0.4, -0.2) is 36.8 Å². The first kappa shape index (κ1) is 20.5. The molecule has 0 saturated heterocycles. The van der Waals surface area contributed by atoms with E-state index in [0.29, 0.717) is 35.3 Å². The molecule has 0 fully saturated rings. The molecule has 7 heteroatoms. The molecule has 0 aliphatic carbocycles. The van der Waals surface area contributed by atoms with E-state index in [2.05, 4.69) is 29.8 Å². The number of benzene rings is 2. The summed E-state index contributed by atoms with van der Waals surface area (Å²) >= 11 is 0. The number of amides is 1. The number of ether oxygens (including phenoxy) is 3. The van der Waals surface area contributed by atoms with Gasteiger partial charge in [-0.15, -0.1) is 0 Å². The molecule has 0 aliphatic rings. The number of aromatic nitrogens is 2. The quantitative estimate of drug-likeness (QED) is 0.628. The number of carbonyl (C=O) groups excluding carboxylic acids is 1. The number of methoxy groups -OCH3 is 3. The Morgan fingerprint density at radius 3 is 2.31 bits per heavy atom. The summed E-state index contributed by atoms with van der Waals surface area (Å²) in [5, 5.41) is 2.96. The molecule has 0 radical (unpaired) electrons. The highest BCUT2D eigenvalue weighted by atomic mass is 16.5. The Hall–Kier alpha value is -3.22.